The zero-order valence-corrected chi connectivity index (χ0v) is 25.3. The van der Waals surface area contributed by atoms with Crippen LogP contribution in [0.5, 0.6) is 0 Å². The highest BCUT2D eigenvalue weighted by Gasteiger charge is 2.81. The Labute approximate surface area is 233 Å². The smallest absolute Gasteiger partial charge is 0.130 e. The summed E-state index contributed by atoms with van der Waals surface area (Å²) in [6.07, 6.45) is 9.92. The minimum Gasteiger partial charge on any atom is -0.393 e. The standard InChI is InChI=1S/C30H52BrN3O3/c1-25(2)28(36)13-10-21-22-8-9-24(35)26(22,3)12-11-23(21)27(28,4)30(20-29(25,31)37,33-16-6-5-7-17-33)34-18-14-32-15-19-34/h21-24,32,35-37H,5-20H2,1-4H3/t21?,22?,23?,24-,26-,27+,28+,29-,30?/m0/s1. The number of aliphatic hydroxyl groups excluding tert-OH is 1. The van der Waals surface area contributed by atoms with Crippen molar-refractivity contribution < 1.29 is 15.3 Å². The molecule has 0 aromatic carbocycles. The van der Waals surface area contributed by atoms with Crippen LogP contribution in [-0.4, -0.2) is 86.3 Å². The molecule has 4 aliphatic carbocycles. The Balaban J connectivity index is 1.56. The van der Waals surface area contributed by atoms with Crippen LogP contribution in [0.3, 0.4) is 0 Å². The van der Waals surface area contributed by atoms with Crippen molar-refractivity contribution in [3.8, 4) is 0 Å². The van der Waals surface area contributed by atoms with Gasteiger partial charge in [-0.2, -0.15) is 0 Å². The fraction of sp³-hybridized carbons (Fsp3) is 1.00. The zero-order valence-electron chi connectivity index (χ0n) is 23.7. The largest absolute Gasteiger partial charge is 0.393 e. The summed E-state index contributed by atoms with van der Waals surface area (Å²) in [5, 5.41) is 40.2. The van der Waals surface area contributed by atoms with Crippen LogP contribution in [-0.2, 0) is 0 Å². The van der Waals surface area contributed by atoms with Gasteiger partial charge in [0.05, 0.1) is 17.4 Å². The third-order valence-electron chi connectivity index (χ3n) is 13.7. The Morgan fingerprint density at radius 3 is 2.11 bits per heavy atom. The van der Waals surface area contributed by atoms with Gasteiger partial charge in [-0.1, -0.05) is 50.0 Å². The predicted octanol–water partition coefficient (Wildman–Crippen LogP) is 3.92. The summed E-state index contributed by atoms with van der Waals surface area (Å²) in [6.45, 7) is 14.9. The van der Waals surface area contributed by atoms with Gasteiger partial charge in [0.15, 0.2) is 0 Å². The molecule has 6 fully saturated rings. The molecule has 4 unspecified atom stereocenters. The van der Waals surface area contributed by atoms with Gasteiger partial charge in [0.25, 0.3) is 0 Å². The average molecular weight is 583 g/mol. The van der Waals surface area contributed by atoms with Crippen LogP contribution in [0.1, 0.15) is 91.9 Å². The highest BCUT2D eigenvalue weighted by atomic mass is 79.9. The van der Waals surface area contributed by atoms with E-state index in [9.17, 15) is 15.3 Å². The third-order valence-corrected chi connectivity index (χ3v) is 14.9. The first-order chi connectivity index (χ1) is 17.4. The number of aliphatic hydroxyl groups is 3. The van der Waals surface area contributed by atoms with Crippen LogP contribution in [0.25, 0.3) is 0 Å². The molecule has 37 heavy (non-hydrogen) atoms. The first-order valence-electron chi connectivity index (χ1n) is 15.4. The van der Waals surface area contributed by atoms with E-state index in [-0.39, 0.29) is 11.5 Å². The summed E-state index contributed by atoms with van der Waals surface area (Å²) in [6, 6.07) is 0. The second-order valence-electron chi connectivity index (χ2n) is 14.8. The quantitative estimate of drug-likeness (QED) is 0.370. The van der Waals surface area contributed by atoms with Crippen LogP contribution >= 0.6 is 15.9 Å². The van der Waals surface area contributed by atoms with E-state index >= 15 is 0 Å². The average Bonchev–Trinajstić information content (AvgIpc) is 3.19. The summed E-state index contributed by atoms with van der Waals surface area (Å²) in [5.74, 6) is 1.41. The van der Waals surface area contributed by atoms with Crippen molar-refractivity contribution in [1.29, 1.82) is 0 Å². The highest BCUT2D eigenvalue weighted by Crippen LogP contribution is 2.75. The topological polar surface area (TPSA) is 79.2 Å². The Kier molecular flexibility index (Phi) is 6.57. The number of nitrogens with one attached hydrogen (secondary N) is 1. The molecule has 0 radical (unpaired) electrons. The normalized spacial score (nSPS) is 54.8. The molecule has 0 aromatic rings. The first-order valence-corrected chi connectivity index (χ1v) is 16.2. The van der Waals surface area contributed by atoms with Crippen molar-refractivity contribution in [3.05, 3.63) is 0 Å². The van der Waals surface area contributed by atoms with Gasteiger partial charge in [0.1, 0.15) is 4.51 Å². The van der Waals surface area contributed by atoms with Gasteiger partial charge >= 0.3 is 0 Å². The van der Waals surface area contributed by atoms with Crippen LogP contribution in [0, 0.1) is 34.0 Å². The van der Waals surface area contributed by atoms with Gasteiger partial charge in [0, 0.05) is 43.4 Å². The maximum Gasteiger partial charge on any atom is 0.130 e. The lowest BCUT2D eigenvalue weighted by atomic mass is 9.36. The van der Waals surface area contributed by atoms with E-state index in [0.29, 0.717) is 24.2 Å². The number of piperidine rings is 1. The molecule has 6 nitrogen and oxygen atoms in total. The maximum atomic E-state index is 13.3. The summed E-state index contributed by atoms with van der Waals surface area (Å²) >= 11 is 3.89. The Hall–Kier alpha value is 0.240. The summed E-state index contributed by atoms with van der Waals surface area (Å²) in [7, 11) is 0. The number of nitrogens with zero attached hydrogens (tertiary/aromatic N) is 2. The van der Waals surface area contributed by atoms with Gasteiger partial charge < -0.3 is 20.6 Å². The van der Waals surface area contributed by atoms with Crippen LogP contribution in [0.15, 0.2) is 0 Å². The number of likely N-dealkylation sites (tertiary alicyclic amines) is 1. The van der Waals surface area contributed by atoms with Crippen molar-refractivity contribution in [2.45, 2.75) is 114 Å². The summed E-state index contributed by atoms with van der Waals surface area (Å²) in [5.41, 5.74) is -2.55. The number of halogens is 1. The molecule has 6 aliphatic rings. The molecule has 0 spiro atoms. The van der Waals surface area contributed by atoms with Crippen molar-refractivity contribution in [2.75, 3.05) is 39.3 Å². The monoisotopic (exact) mass is 581 g/mol. The van der Waals surface area contributed by atoms with Crippen molar-refractivity contribution in [3.63, 3.8) is 0 Å². The van der Waals surface area contributed by atoms with Crippen LogP contribution in [0.2, 0.25) is 0 Å². The minimum absolute atomic E-state index is 0.0101. The van der Waals surface area contributed by atoms with Crippen molar-refractivity contribution in [1.82, 2.24) is 15.1 Å². The molecule has 2 saturated heterocycles. The van der Waals surface area contributed by atoms with E-state index in [1.54, 1.807) is 0 Å². The summed E-state index contributed by atoms with van der Waals surface area (Å²) < 4.78 is -1.17. The van der Waals surface area contributed by atoms with Crippen molar-refractivity contribution in [2.24, 2.45) is 34.0 Å². The van der Waals surface area contributed by atoms with E-state index < -0.39 is 26.6 Å². The van der Waals surface area contributed by atoms with Gasteiger partial charge in [-0.3, -0.25) is 9.80 Å². The molecule has 0 amide bonds. The number of hydrogen-bond acceptors (Lipinski definition) is 6. The molecule has 2 heterocycles. The molecule has 0 bridgehead atoms. The molecule has 212 valence electrons. The first kappa shape index (κ1) is 27.4. The van der Waals surface area contributed by atoms with E-state index in [0.717, 1.165) is 77.8 Å². The molecule has 6 rings (SSSR count). The van der Waals surface area contributed by atoms with E-state index in [4.69, 9.17) is 0 Å². The van der Waals surface area contributed by atoms with Crippen LogP contribution < -0.4 is 5.32 Å². The Morgan fingerprint density at radius 1 is 0.784 bits per heavy atom. The second-order valence-corrected chi connectivity index (χ2v) is 16.1. The molecule has 9 atom stereocenters. The van der Waals surface area contributed by atoms with Gasteiger partial charge in [-0.25, -0.2) is 0 Å². The van der Waals surface area contributed by atoms with E-state index in [1.165, 1.54) is 19.3 Å². The fourth-order valence-corrected chi connectivity index (χ4v) is 12.1. The number of alkyl halides is 1. The molecular weight excluding hydrogens is 530 g/mol. The third kappa shape index (κ3) is 3.31. The summed E-state index contributed by atoms with van der Waals surface area (Å²) in [4.78, 5) is 5.43. The molecule has 7 heteroatoms. The molecule has 4 saturated carbocycles. The maximum absolute atomic E-state index is 13.3. The lowest BCUT2D eigenvalue weighted by molar-refractivity contribution is -0.362. The van der Waals surface area contributed by atoms with Gasteiger partial charge in [0.2, 0.25) is 0 Å². The highest BCUT2D eigenvalue weighted by molar-refractivity contribution is 9.10. The van der Waals surface area contributed by atoms with E-state index in [1.807, 2.05) is 0 Å². The fourth-order valence-electron chi connectivity index (χ4n) is 11.3. The Bertz CT molecular complexity index is 869. The number of rotatable bonds is 2. The molecule has 0 aromatic heterocycles. The second kappa shape index (κ2) is 8.87. The lowest BCUT2D eigenvalue weighted by Crippen LogP contribution is -2.87. The number of hydrogen-bond donors (Lipinski definition) is 4. The van der Waals surface area contributed by atoms with E-state index in [2.05, 4.69) is 58.7 Å². The SMILES string of the molecule is CC1(C)[C@]2(O)CCC3C4CC[C@H](O)[C@@]4(C)CCC3[C@@]2(C)C(N2CCCCC2)(N2CCNCC2)C[C@@]1(O)Br. The number of fused-ring (bicyclic) bond motifs is 5. The van der Waals surface area contributed by atoms with Gasteiger partial charge in [-0.05, 0) is 87.6 Å². The lowest BCUT2D eigenvalue weighted by Gasteiger charge is -2.78. The molecule has 4 N–H and O–H groups in total. The number of piperazine rings is 1. The van der Waals surface area contributed by atoms with Crippen molar-refractivity contribution >= 4 is 15.9 Å². The van der Waals surface area contributed by atoms with Gasteiger partial charge in [-0.15, -0.1) is 0 Å². The Morgan fingerprint density at radius 2 is 1.43 bits per heavy atom. The van der Waals surface area contributed by atoms with Crippen LogP contribution in [0.4, 0.5) is 0 Å². The zero-order chi connectivity index (χ0) is 26.5. The molecule has 2 aliphatic heterocycles. The molecular formula is C30H52BrN3O3. The minimum atomic E-state index is -1.17. The predicted molar refractivity (Wildman–Crippen MR) is 150 cm³/mol.